The number of carbonyl (C=O) groups excluding carboxylic acids is 1. The summed E-state index contributed by atoms with van der Waals surface area (Å²) in [7, 11) is 0. The molecule has 1 aliphatic carbocycles. The number of rotatable bonds is 2. The Hall–Kier alpha value is -0.800. The van der Waals surface area contributed by atoms with Crippen molar-refractivity contribution in [2.24, 2.45) is 5.92 Å². The number of amides is 1. The predicted molar refractivity (Wildman–Crippen MR) is 57.6 cm³/mol. The summed E-state index contributed by atoms with van der Waals surface area (Å²) in [5, 5.41) is 2.55. The largest absolute Gasteiger partial charge is 0.326 e. The molecule has 1 saturated carbocycles. The van der Waals surface area contributed by atoms with E-state index in [0.29, 0.717) is 12.1 Å². The van der Waals surface area contributed by atoms with Crippen LogP contribution in [0.3, 0.4) is 0 Å². The summed E-state index contributed by atoms with van der Waals surface area (Å²) in [4.78, 5) is 11.5. The summed E-state index contributed by atoms with van der Waals surface area (Å²) in [5.41, 5.74) is 0.413. The van der Waals surface area contributed by atoms with E-state index in [1.807, 2.05) is 0 Å². The number of hydrogen-bond donors (Lipinski definition) is 1. The molecule has 0 bridgehead atoms. The highest BCUT2D eigenvalue weighted by Crippen LogP contribution is 2.53. The number of alkyl halides is 2. The normalized spacial score (nSPS) is 22.2. The van der Waals surface area contributed by atoms with Gasteiger partial charge in [-0.15, -0.1) is 23.2 Å². The molecule has 2 rings (SSSR count). The van der Waals surface area contributed by atoms with Gasteiger partial charge in [-0.05, 0) is 24.6 Å². The standard InChI is InChI=1S/C10H8Cl2FNO/c11-10(12)5-8(10)9(15)14-7-3-1-2-6(13)4-7/h1-4,8H,5H2,(H,14,15)/t8-/m1/s1. The number of nitrogens with one attached hydrogen (secondary N) is 1. The van der Waals surface area contributed by atoms with Crippen molar-refractivity contribution in [3.8, 4) is 0 Å². The van der Waals surface area contributed by atoms with E-state index >= 15 is 0 Å². The lowest BCUT2D eigenvalue weighted by Gasteiger charge is -2.04. The van der Waals surface area contributed by atoms with Gasteiger partial charge in [0.1, 0.15) is 10.2 Å². The molecule has 5 heteroatoms. The van der Waals surface area contributed by atoms with Crippen molar-refractivity contribution < 1.29 is 9.18 Å². The van der Waals surface area contributed by atoms with Crippen molar-refractivity contribution >= 4 is 34.8 Å². The fraction of sp³-hybridized carbons (Fsp3) is 0.300. The molecule has 2 nitrogen and oxygen atoms in total. The maximum Gasteiger partial charge on any atom is 0.230 e. The Balaban J connectivity index is 2.01. The zero-order valence-electron chi connectivity index (χ0n) is 7.64. The monoisotopic (exact) mass is 247 g/mol. The molecule has 0 spiro atoms. The highest BCUT2D eigenvalue weighted by molar-refractivity contribution is 6.52. The molecule has 1 N–H and O–H groups in total. The highest BCUT2D eigenvalue weighted by atomic mass is 35.5. The Kier molecular flexibility index (Phi) is 2.61. The van der Waals surface area contributed by atoms with Crippen molar-refractivity contribution in [2.45, 2.75) is 10.8 Å². The summed E-state index contributed by atoms with van der Waals surface area (Å²) in [6.45, 7) is 0. The van der Waals surface area contributed by atoms with Crippen molar-refractivity contribution in [2.75, 3.05) is 5.32 Å². The molecular weight excluding hydrogens is 240 g/mol. The van der Waals surface area contributed by atoms with Gasteiger partial charge in [-0.25, -0.2) is 4.39 Å². The van der Waals surface area contributed by atoms with Crippen molar-refractivity contribution in [3.05, 3.63) is 30.1 Å². The smallest absolute Gasteiger partial charge is 0.230 e. The first-order valence-electron chi connectivity index (χ1n) is 4.43. The topological polar surface area (TPSA) is 29.1 Å². The molecular formula is C10H8Cl2FNO. The van der Waals surface area contributed by atoms with Gasteiger partial charge < -0.3 is 5.32 Å². The van der Waals surface area contributed by atoms with Gasteiger partial charge in [0.25, 0.3) is 0 Å². The minimum atomic E-state index is -0.947. The van der Waals surface area contributed by atoms with Crippen LogP contribution < -0.4 is 5.32 Å². The van der Waals surface area contributed by atoms with Gasteiger partial charge in [0, 0.05) is 5.69 Å². The zero-order valence-corrected chi connectivity index (χ0v) is 9.15. The zero-order chi connectivity index (χ0) is 11.1. The van der Waals surface area contributed by atoms with Crippen LogP contribution in [0.25, 0.3) is 0 Å². The van der Waals surface area contributed by atoms with E-state index in [1.54, 1.807) is 6.07 Å². The van der Waals surface area contributed by atoms with E-state index < -0.39 is 16.1 Å². The summed E-state index contributed by atoms with van der Waals surface area (Å²) < 4.78 is 11.8. The molecule has 1 aliphatic rings. The lowest BCUT2D eigenvalue weighted by molar-refractivity contribution is -0.117. The number of carbonyl (C=O) groups is 1. The molecule has 0 radical (unpaired) electrons. The first-order chi connectivity index (χ1) is 6.99. The van der Waals surface area contributed by atoms with Gasteiger partial charge in [0.15, 0.2) is 0 Å². The fourth-order valence-corrected chi connectivity index (χ4v) is 1.80. The van der Waals surface area contributed by atoms with Crippen molar-refractivity contribution in [1.29, 1.82) is 0 Å². The number of benzene rings is 1. The third-order valence-electron chi connectivity index (χ3n) is 2.23. The summed E-state index contributed by atoms with van der Waals surface area (Å²) in [6.07, 6.45) is 0.442. The van der Waals surface area contributed by atoms with Gasteiger partial charge in [-0.1, -0.05) is 6.07 Å². The average molecular weight is 248 g/mol. The molecule has 0 unspecified atom stereocenters. The Labute approximate surface area is 96.4 Å². The Morgan fingerprint density at radius 3 is 2.73 bits per heavy atom. The van der Waals surface area contributed by atoms with E-state index in [-0.39, 0.29) is 5.91 Å². The second kappa shape index (κ2) is 3.65. The molecule has 1 atom stereocenters. The Morgan fingerprint density at radius 2 is 2.20 bits per heavy atom. The highest BCUT2D eigenvalue weighted by Gasteiger charge is 2.56. The molecule has 0 saturated heterocycles. The van der Waals surface area contributed by atoms with Crippen LogP contribution in [0, 0.1) is 11.7 Å². The predicted octanol–water partition coefficient (Wildman–Crippen LogP) is 2.96. The third kappa shape index (κ3) is 2.41. The SMILES string of the molecule is O=C(Nc1cccc(F)c1)[C@H]1CC1(Cl)Cl. The van der Waals surface area contributed by atoms with Gasteiger partial charge >= 0.3 is 0 Å². The molecule has 1 aromatic rings. The summed E-state index contributed by atoms with van der Waals surface area (Å²) in [6, 6.07) is 5.67. The van der Waals surface area contributed by atoms with Crippen molar-refractivity contribution in [3.63, 3.8) is 0 Å². The first kappa shape index (κ1) is 10.7. The van der Waals surface area contributed by atoms with Crippen LogP contribution in [0.1, 0.15) is 6.42 Å². The second-order valence-corrected chi connectivity index (χ2v) is 5.06. The maximum absolute atomic E-state index is 12.8. The fourth-order valence-electron chi connectivity index (χ4n) is 1.29. The molecule has 80 valence electrons. The van der Waals surface area contributed by atoms with Gasteiger partial charge in [0.2, 0.25) is 5.91 Å². The number of halogens is 3. The van der Waals surface area contributed by atoms with Crippen LogP contribution >= 0.6 is 23.2 Å². The lowest BCUT2D eigenvalue weighted by atomic mass is 10.3. The molecule has 0 heterocycles. The minimum absolute atomic E-state index is 0.273. The number of anilines is 1. The van der Waals surface area contributed by atoms with E-state index in [1.165, 1.54) is 18.2 Å². The molecule has 15 heavy (non-hydrogen) atoms. The number of hydrogen-bond acceptors (Lipinski definition) is 1. The minimum Gasteiger partial charge on any atom is -0.326 e. The van der Waals surface area contributed by atoms with E-state index in [0.717, 1.165) is 0 Å². The lowest BCUT2D eigenvalue weighted by Crippen LogP contribution is -2.16. The summed E-state index contributed by atoms with van der Waals surface area (Å²) in [5.74, 6) is -1.07. The van der Waals surface area contributed by atoms with E-state index in [2.05, 4.69) is 5.32 Å². The molecule has 1 fully saturated rings. The van der Waals surface area contributed by atoms with E-state index in [4.69, 9.17) is 23.2 Å². The van der Waals surface area contributed by atoms with Crippen LogP contribution in [0.2, 0.25) is 0 Å². The third-order valence-corrected chi connectivity index (χ3v) is 3.07. The Bertz CT molecular complexity index is 408. The molecule has 0 aromatic heterocycles. The van der Waals surface area contributed by atoms with Crippen molar-refractivity contribution in [1.82, 2.24) is 0 Å². The van der Waals surface area contributed by atoms with Gasteiger partial charge in [0.05, 0.1) is 5.92 Å². The second-order valence-electron chi connectivity index (χ2n) is 3.52. The van der Waals surface area contributed by atoms with Crippen LogP contribution in [-0.4, -0.2) is 10.2 Å². The molecule has 1 amide bonds. The van der Waals surface area contributed by atoms with E-state index in [9.17, 15) is 9.18 Å². The first-order valence-corrected chi connectivity index (χ1v) is 5.19. The maximum atomic E-state index is 12.8. The van der Waals surface area contributed by atoms with Gasteiger partial charge in [-0.3, -0.25) is 4.79 Å². The van der Waals surface area contributed by atoms with Crippen LogP contribution in [-0.2, 0) is 4.79 Å². The molecule has 1 aromatic carbocycles. The average Bonchev–Trinajstić information content (AvgIpc) is 2.75. The van der Waals surface area contributed by atoms with Crippen LogP contribution in [0.5, 0.6) is 0 Å². The van der Waals surface area contributed by atoms with Gasteiger partial charge in [-0.2, -0.15) is 0 Å². The molecule has 0 aliphatic heterocycles. The van der Waals surface area contributed by atoms with Crippen LogP contribution in [0.15, 0.2) is 24.3 Å². The quantitative estimate of drug-likeness (QED) is 0.801. The summed E-state index contributed by atoms with van der Waals surface area (Å²) >= 11 is 11.5. The Morgan fingerprint density at radius 1 is 1.53 bits per heavy atom. The van der Waals surface area contributed by atoms with Crippen LogP contribution in [0.4, 0.5) is 10.1 Å².